The standard InChI is InChI=1S/C19H29N3OS/c1-16(19(23)20-15-17-5-3-2-4-6-17)21-9-11-22(12-10-21)18-7-13-24-14-8-18/h2-6,16,18H,7-15H2,1H3,(H,20,23)/t16-/m0/s1. The van der Waals surface area contributed by atoms with Crippen molar-refractivity contribution in [1.82, 2.24) is 15.1 Å². The molecule has 2 saturated heterocycles. The van der Waals surface area contributed by atoms with Gasteiger partial charge in [-0.3, -0.25) is 14.6 Å². The number of hydrogen-bond donors (Lipinski definition) is 1. The zero-order valence-electron chi connectivity index (χ0n) is 14.6. The van der Waals surface area contributed by atoms with Crippen LogP contribution in [0.3, 0.4) is 0 Å². The Balaban J connectivity index is 1.42. The number of amides is 1. The van der Waals surface area contributed by atoms with Crippen molar-refractivity contribution in [2.45, 2.75) is 38.4 Å². The van der Waals surface area contributed by atoms with E-state index in [1.165, 1.54) is 24.3 Å². The van der Waals surface area contributed by atoms with Gasteiger partial charge in [0.2, 0.25) is 5.91 Å². The van der Waals surface area contributed by atoms with Crippen molar-refractivity contribution in [3.63, 3.8) is 0 Å². The maximum atomic E-state index is 12.4. The number of rotatable bonds is 5. The molecular weight excluding hydrogens is 318 g/mol. The molecule has 1 N–H and O–H groups in total. The molecule has 132 valence electrons. The molecule has 24 heavy (non-hydrogen) atoms. The first-order chi connectivity index (χ1) is 11.7. The number of nitrogens with one attached hydrogen (secondary N) is 1. The number of benzene rings is 1. The van der Waals surface area contributed by atoms with Gasteiger partial charge < -0.3 is 5.32 Å². The molecule has 2 aliphatic rings. The first kappa shape index (κ1) is 17.8. The second kappa shape index (κ2) is 8.88. The zero-order chi connectivity index (χ0) is 16.8. The van der Waals surface area contributed by atoms with Crippen molar-refractivity contribution in [3.05, 3.63) is 35.9 Å². The number of carbonyl (C=O) groups is 1. The number of hydrogen-bond acceptors (Lipinski definition) is 4. The van der Waals surface area contributed by atoms with Crippen molar-refractivity contribution < 1.29 is 4.79 Å². The van der Waals surface area contributed by atoms with Crippen molar-refractivity contribution in [2.75, 3.05) is 37.7 Å². The van der Waals surface area contributed by atoms with Gasteiger partial charge in [-0.05, 0) is 36.8 Å². The fourth-order valence-corrected chi connectivity index (χ4v) is 4.72. The van der Waals surface area contributed by atoms with E-state index in [1.54, 1.807) is 0 Å². The van der Waals surface area contributed by atoms with Gasteiger partial charge in [-0.2, -0.15) is 11.8 Å². The van der Waals surface area contributed by atoms with Gasteiger partial charge in [-0.15, -0.1) is 0 Å². The Morgan fingerprint density at radius 3 is 2.50 bits per heavy atom. The van der Waals surface area contributed by atoms with E-state index < -0.39 is 0 Å². The molecule has 5 heteroatoms. The summed E-state index contributed by atoms with van der Waals surface area (Å²) in [6.45, 7) is 6.86. The Bertz CT molecular complexity index is 511. The van der Waals surface area contributed by atoms with Crippen molar-refractivity contribution in [1.29, 1.82) is 0 Å². The van der Waals surface area contributed by atoms with Gasteiger partial charge in [0.05, 0.1) is 6.04 Å². The summed E-state index contributed by atoms with van der Waals surface area (Å²) in [4.78, 5) is 17.4. The SMILES string of the molecule is C[C@@H](C(=O)NCc1ccccc1)N1CCN(C2CCSCC2)CC1. The van der Waals surface area contributed by atoms with Gasteiger partial charge in [0.15, 0.2) is 0 Å². The second-order valence-electron chi connectivity index (χ2n) is 6.79. The van der Waals surface area contributed by atoms with Crippen LogP contribution in [0, 0.1) is 0 Å². The Morgan fingerprint density at radius 2 is 1.83 bits per heavy atom. The molecule has 1 atom stereocenters. The largest absolute Gasteiger partial charge is 0.351 e. The van der Waals surface area contributed by atoms with E-state index >= 15 is 0 Å². The molecule has 0 radical (unpaired) electrons. The molecule has 1 aromatic rings. The van der Waals surface area contributed by atoms with Gasteiger partial charge in [0.25, 0.3) is 0 Å². The van der Waals surface area contributed by atoms with E-state index in [4.69, 9.17) is 0 Å². The lowest BCUT2D eigenvalue weighted by molar-refractivity contribution is -0.126. The normalized spacial score (nSPS) is 22.2. The number of piperazine rings is 1. The van der Waals surface area contributed by atoms with Crippen LogP contribution in [0.15, 0.2) is 30.3 Å². The lowest BCUT2D eigenvalue weighted by Crippen LogP contribution is -2.56. The highest BCUT2D eigenvalue weighted by Crippen LogP contribution is 2.23. The highest BCUT2D eigenvalue weighted by Gasteiger charge is 2.29. The first-order valence-electron chi connectivity index (χ1n) is 9.11. The summed E-state index contributed by atoms with van der Waals surface area (Å²) in [5.74, 6) is 2.76. The van der Waals surface area contributed by atoms with Crippen LogP contribution in [0.1, 0.15) is 25.3 Å². The first-order valence-corrected chi connectivity index (χ1v) is 10.3. The maximum Gasteiger partial charge on any atom is 0.237 e. The molecule has 3 rings (SSSR count). The molecule has 0 aliphatic carbocycles. The molecule has 0 saturated carbocycles. The minimum Gasteiger partial charge on any atom is -0.351 e. The summed E-state index contributed by atoms with van der Waals surface area (Å²) in [5.41, 5.74) is 1.15. The summed E-state index contributed by atoms with van der Waals surface area (Å²) in [5, 5.41) is 3.07. The van der Waals surface area contributed by atoms with E-state index in [9.17, 15) is 4.79 Å². The summed E-state index contributed by atoms with van der Waals surface area (Å²) >= 11 is 2.09. The van der Waals surface area contributed by atoms with E-state index in [2.05, 4.69) is 26.9 Å². The van der Waals surface area contributed by atoms with Gasteiger partial charge in [-0.25, -0.2) is 0 Å². The Hall–Kier alpha value is -1.04. The highest BCUT2D eigenvalue weighted by molar-refractivity contribution is 7.99. The molecule has 0 unspecified atom stereocenters. The van der Waals surface area contributed by atoms with Crippen LogP contribution < -0.4 is 5.32 Å². The van der Waals surface area contributed by atoms with Crippen LogP contribution >= 0.6 is 11.8 Å². The Morgan fingerprint density at radius 1 is 1.17 bits per heavy atom. The van der Waals surface area contributed by atoms with Gasteiger partial charge >= 0.3 is 0 Å². The third kappa shape index (κ3) is 4.74. The fraction of sp³-hybridized carbons (Fsp3) is 0.632. The van der Waals surface area contributed by atoms with Crippen molar-refractivity contribution in [2.24, 2.45) is 0 Å². The second-order valence-corrected chi connectivity index (χ2v) is 8.02. The molecule has 2 heterocycles. The van der Waals surface area contributed by atoms with Crippen molar-refractivity contribution >= 4 is 17.7 Å². The molecule has 0 bridgehead atoms. The summed E-state index contributed by atoms with van der Waals surface area (Å²) in [6, 6.07) is 10.8. The lowest BCUT2D eigenvalue weighted by atomic mass is 10.1. The average molecular weight is 348 g/mol. The van der Waals surface area contributed by atoms with Gasteiger partial charge in [-0.1, -0.05) is 30.3 Å². The molecule has 2 fully saturated rings. The molecule has 4 nitrogen and oxygen atoms in total. The summed E-state index contributed by atoms with van der Waals surface area (Å²) < 4.78 is 0. The van der Waals surface area contributed by atoms with E-state index in [0.717, 1.165) is 37.8 Å². The molecule has 0 aromatic heterocycles. The molecule has 1 aromatic carbocycles. The molecular formula is C19H29N3OS. The van der Waals surface area contributed by atoms with Crippen LogP contribution in [0.5, 0.6) is 0 Å². The van der Waals surface area contributed by atoms with E-state index in [-0.39, 0.29) is 11.9 Å². The zero-order valence-corrected chi connectivity index (χ0v) is 15.4. The minimum atomic E-state index is -0.0437. The van der Waals surface area contributed by atoms with Gasteiger partial charge in [0.1, 0.15) is 0 Å². The number of carbonyl (C=O) groups excluding carboxylic acids is 1. The molecule has 1 amide bonds. The topological polar surface area (TPSA) is 35.6 Å². The van der Waals surface area contributed by atoms with Crippen LogP contribution in [-0.4, -0.2) is 65.5 Å². The van der Waals surface area contributed by atoms with E-state index in [0.29, 0.717) is 6.54 Å². The maximum absolute atomic E-state index is 12.4. The Kier molecular flexibility index (Phi) is 6.58. The smallest absolute Gasteiger partial charge is 0.237 e. The quantitative estimate of drug-likeness (QED) is 0.886. The van der Waals surface area contributed by atoms with Crippen molar-refractivity contribution in [3.8, 4) is 0 Å². The number of thioether (sulfide) groups is 1. The average Bonchev–Trinajstić information content (AvgIpc) is 2.67. The summed E-state index contributed by atoms with van der Waals surface area (Å²) in [6.07, 6.45) is 2.66. The predicted octanol–water partition coefficient (Wildman–Crippen LogP) is 2.20. The third-order valence-corrected chi connectivity index (χ3v) is 6.34. The van der Waals surface area contributed by atoms with Gasteiger partial charge in [0, 0.05) is 38.8 Å². The van der Waals surface area contributed by atoms with Crippen LogP contribution in [0.2, 0.25) is 0 Å². The summed E-state index contributed by atoms with van der Waals surface area (Å²) in [7, 11) is 0. The van der Waals surface area contributed by atoms with Crippen LogP contribution in [0.25, 0.3) is 0 Å². The van der Waals surface area contributed by atoms with E-state index in [1.807, 2.05) is 37.3 Å². The van der Waals surface area contributed by atoms with Crippen LogP contribution in [0.4, 0.5) is 0 Å². The minimum absolute atomic E-state index is 0.0437. The number of nitrogens with zero attached hydrogens (tertiary/aromatic N) is 2. The Labute approximate surface area is 150 Å². The van der Waals surface area contributed by atoms with Crippen LogP contribution in [-0.2, 0) is 11.3 Å². The molecule has 2 aliphatic heterocycles. The predicted molar refractivity (Wildman–Crippen MR) is 101 cm³/mol. The molecule has 0 spiro atoms. The lowest BCUT2D eigenvalue weighted by Gasteiger charge is -2.42. The highest BCUT2D eigenvalue weighted by atomic mass is 32.2. The monoisotopic (exact) mass is 347 g/mol. The third-order valence-electron chi connectivity index (χ3n) is 5.29. The fourth-order valence-electron chi connectivity index (χ4n) is 3.64.